The topological polar surface area (TPSA) is 71.3 Å². The van der Waals surface area contributed by atoms with Crippen molar-refractivity contribution in [2.75, 3.05) is 12.8 Å². The summed E-state index contributed by atoms with van der Waals surface area (Å²) in [5, 5.41) is 7.23. The second-order valence-corrected chi connectivity index (χ2v) is 9.03. The number of imidazole rings is 1. The Hall–Kier alpha value is -1.37. The van der Waals surface area contributed by atoms with E-state index in [9.17, 15) is 4.21 Å². The summed E-state index contributed by atoms with van der Waals surface area (Å²) in [6.45, 7) is 3.79. The Morgan fingerprint density at radius 3 is 3.04 bits per heavy atom. The lowest BCUT2D eigenvalue weighted by Gasteiger charge is -2.30. The molecule has 25 heavy (non-hydrogen) atoms. The van der Waals surface area contributed by atoms with Crippen LogP contribution in [0.2, 0.25) is 0 Å². The van der Waals surface area contributed by atoms with Crippen LogP contribution < -0.4 is 10.6 Å². The molecule has 140 valence electrons. The van der Waals surface area contributed by atoms with Gasteiger partial charge >= 0.3 is 0 Å². The van der Waals surface area contributed by atoms with Gasteiger partial charge in [-0.25, -0.2) is 4.98 Å². The minimum Gasteiger partial charge on any atom is -0.354 e. The lowest BCUT2D eigenvalue weighted by Crippen LogP contribution is -2.46. The second kappa shape index (κ2) is 8.83. The normalized spacial score (nSPS) is 25.3. The summed E-state index contributed by atoms with van der Waals surface area (Å²) >= 11 is 0. The molecule has 0 saturated heterocycles. The molecule has 2 aliphatic rings. The molecule has 2 N–H and O–H groups in total. The quantitative estimate of drug-likeness (QED) is 0.618. The van der Waals surface area contributed by atoms with E-state index in [1.165, 1.54) is 18.7 Å². The summed E-state index contributed by atoms with van der Waals surface area (Å²) in [5.74, 6) is 2.79. The Bertz CT molecular complexity index is 603. The molecule has 2 heterocycles. The van der Waals surface area contributed by atoms with E-state index in [0.29, 0.717) is 17.8 Å². The van der Waals surface area contributed by atoms with Gasteiger partial charge in [-0.15, -0.1) is 0 Å². The van der Waals surface area contributed by atoms with Crippen molar-refractivity contribution >= 4 is 16.8 Å². The lowest BCUT2D eigenvalue weighted by molar-refractivity contribution is 0.413. The highest BCUT2D eigenvalue weighted by atomic mass is 32.2. The number of aliphatic imine (C=N–C) groups is 1. The third-order valence-corrected chi connectivity index (χ3v) is 6.98. The van der Waals surface area contributed by atoms with E-state index in [1.54, 1.807) is 7.05 Å². The molecule has 3 atom stereocenters. The molecule has 1 aliphatic carbocycles. The monoisotopic (exact) mass is 365 g/mol. The van der Waals surface area contributed by atoms with E-state index in [0.717, 1.165) is 56.1 Å². The number of fused-ring (bicyclic) bond motifs is 1. The van der Waals surface area contributed by atoms with Crippen molar-refractivity contribution in [3.63, 3.8) is 0 Å². The molecule has 1 aromatic heterocycles. The molecule has 3 unspecified atom stereocenters. The molecule has 1 fully saturated rings. The summed E-state index contributed by atoms with van der Waals surface area (Å²) in [5.41, 5.74) is 1.08. The Labute approximate surface area is 153 Å². The first kappa shape index (κ1) is 18.4. The van der Waals surface area contributed by atoms with Gasteiger partial charge in [0.25, 0.3) is 0 Å². The number of aromatic nitrogens is 2. The number of nitrogens with zero attached hydrogens (tertiary/aromatic N) is 3. The van der Waals surface area contributed by atoms with Gasteiger partial charge in [-0.05, 0) is 32.1 Å². The number of guanidine groups is 1. The maximum Gasteiger partial charge on any atom is 0.191 e. The second-order valence-electron chi connectivity index (χ2n) is 7.02. The molecule has 6 nitrogen and oxygen atoms in total. The lowest BCUT2D eigenvalue weighted by atomic mass is 9.95. The molecule has 0 spiro atoms. The van der Waals surface area contributed by atoms with E-state index in [1.807, 2.05) is 6.92 Å². The molecule has 0 bridgehead atoms. The van der Waals surface area contributed by atoms with Crippen molar-refractivity contribution in [1.82, 2.24) is 20.2 Å². The largest absolute Gasteiger partial charge is 0.354 e. The molecule has 3 rings (SSSR count). The number of rotatable bonds is 5. The van der Waals surface area contributed by atoms with Crippen LogP contribution in [-0.4, -0.2) is 43.8 Å². The van der Waals surface area contributed by atoms with Crippen molar-refractivity contribution in [2.24, 2.45) is 4.99 Å². The third-order valence-electron chi connectivity index (χ3n) is 5.24. The highest BCUT2D eigenvalue weighted by Gasteiger charge is 2.26. The molecular formula is C18H31N5OS. The van der Waals surface area contributed by atoms with Crippen molar-refractivity contribution in [3.8, 4) is 0 Å². The van der Waals surface area contributed by atoms with Crippen molar-refractivity contribution < 1.29 is 4.21 Å². The van der Waals surface area contributed by atoms with Gasteiger partial charge in [0.15, 0.2) is 5.96 Å². The van der Waals surface area contributed by atoms with Crippen molar-refractivity contribution in [3.05, 3.63) is 17.7 Å². The van der Waals surface area contributed by atoms with Crippen LogP contribution >= 0.6 is 0 Å². The maximum atomic E-state index is 12.1. The highest BCUT2D eigenvalue weighted by molar-refractivity contribution is 7.85. The first-order valence-corrected chi connectivity index (χ1v) is 11.0. The van der Waals surface area contributed by atoms with Gasteiger partial charge in [0, 0.05) is 54.1 Å². The van der Waals surface area contributed by atoms with Crippen LogP contribution in [0.4, 0.5) is 0 Å². The van der Waals surface area contributed by atoms with Crippen LogP contribution in [0.5, 0.6) is 0 Å². The standard InChI is InChI=1S/C18H31N5OS/c1-3-25(24)16-8-6-7-14(11-16)22-18(19-2)20-12-15-13-23-10-5-4-9-17(23)21-15/h13-14,16H,3-12H2,1-2H3,(H2,19,20,22). The predicted octanol–water partition coefficient (Wildman–Crippen LogP) is 1.96. The maximum absolute atomic E-state index is 12.1. The van der Waals surface area contributed by atoms with E-state index in [2.05, 4.69) is 26.4 Å². The molecule has 0 amide bonds. The minimum absolute atomic E-state index is 0.328. The number of nitrogens with one attached hydrogen (secondary N) is 2. The van der Waals surface area contributed by atoms with Gasteiger partial charge in [0.1, 0.15) is 5.82 Å². The van der Waals surface area contributed by atoms with Gasteiger partial charge in [-0.1, -0.05) is 13.3 Å². The Balaban J connectivity index is 1.51. The Kier molecular flexibility index (Phi) is 6.51. The molecule has 0 aromatic carbocycles. The van der Waals surface area contributed by atoms with Crippen LogP contribution in [0.15, 0.2) is 11.2 Å². The molecule has 7 heteroatoms. The van der Waals surface area contributed by atoms with Crippen LogP contribution in [0.1, 0.15) is 57.0 Å². The average Bonchev–Trinajstić information content (AvgIpc) is 3.07. The summed E-state index contributed by atoms with van der Waals surface area (Å²) in [7, 11) is 1.11. The van der Waals surface area contributed by atoms with E-state index in [-0.39, 0.29) is 0 Å². The molecule has 1 saturated carbocycles. The van der Waals surface area contributed by atoms with Gasteiger partial charge in [-0.2, -0.15) is 0 Å². The van der Waals surface area contributed by atoms with Crippen LogP contribution in [0.3, 0.4) is 0 Å². The SMILES string of the molecule is CCS(=O)C1CCCC(NC(=NC)NCc2cn3c(n2)CCCC3)C1. The summed E-state index contributed by atoms with van der Waals surface area (Å²) < 4.78 is 14.4. The zero-order valence-electron chi connectivity index (χ0n) is 15.5. The van der Waals surface area contributed by atoms with Crippen LogP contribution in [-0.2, 0) is 30.3 Å². The summed E-state index contributed by atoms with van der Waals surface area (Å²) in [6, 6.07) is 0.357. The highest BCUT2D eigenvalue weighted by Crippen LogP contribution is 2.23. The van der Waals surface area contributed by atoms with E-state index in [4.69, 9.17) is 4.98 Å². The number of aryl methyl sites for hydroxylation is 2. The number of hydrogen-bond donors (Lipinski definition) is 2. The fourth-order valence-electron chi connectivity index (χ4n) is 3.87. The van der Waals surface area contributed by atoms with Crippen molar-refractivity contribution in [2.45, 2.75) is 76.3 Å². The summed E-state index contributed by atoms with van der Waals surface area (Å²) in [4.78, 5) is 9.08. The first-order chi connectivity index (χ1) is 12.2. The molecule has 0 radical (unpaired) electrons. The fourth-order valence-corrected chi connectivity index (χ4v) is 5.22. The Morgan fingerprint density at radius 1 is 1.40 bits per heavy atom. The smallest absolute Gasteiger partial charge is 0.191 e. The number of hydrogen-bond acceptors (Lipinski definition) is 3. The predicted molar refractivity (Wildman–Crippen MR) is 103 cm³/mol. The molecular weight excluding hydrogens is 334 g/mol. The van der Waals surface area contributed by atoms with Gasteiger partial charge in [-0.3, -0.25) is 9.20 Å². The van der Waals surface area contributed by atoms with Crippen LogP contribution in [0, 0.1) is 0 Å². The summed E-state index contributed by atoms with van der Waals surface area (Å²) in [6.07, 6.45) is 10.1. The van der Waals surface area contributed by atoms with Gasteiger partial charge < -0.3 is 15.2 Å². The zero-order chi connectivity index (χ0) is 17.6. The van der Waals surface area contributed by atoms with Gasteiger partial charge in [0.05, 0.1) is 12.2 Å². The Morgan fingerprint density at radius 2 is 2.28 bits per heavy atom. The first-order valence-electron chi connectivity index (χ1n) is 9.59. The molecule has 1 aliphatic heterocycles. The zero-order valence-corrected chi connectivity index (χ0v) is 16.3. The van der Waals surface area contributed by atoms with E-state index >= 15 is 0 Å². The van der Waals surface area contributed by atoms with Crippen molar-refractivity contribution in [1.29, 1.82) is 0 Å². The minimum atomic E-state index is -0.694. The van der Waals surface area contributed by atoms with Gasteiger partial charge in [0.2, 0.25) is 0 Å². The van der Waals surface area contributed by atoms with E-state index < -0.39 is 10.8 Å². The average molecular weight is 366 g/mol. The third kappa shape index (κ3) is 4.84. The van der Waals surface area contributed by atoms with Crippen LogP contribution in [0.25, 0.3) is 0 Å². The fraction of sp³-hybridized carbons (Fsp3) is 0.778. The molecule has 1 aromatic rings.